The Bertz CT molecular complexity index is 802. The van der Waals surface area contributed by atoms with Gasteiger partial charge in [-0.2, -0.15) is 0 Å². The van der Waals surface area contributed by atoms with Crippen LogP contribution in [-0.4, -0.2) is 53.8 Å². The van der Waals surface area contributed by atoms with Gasteiger partial charge < -0.3 is 10.2 Å². The number of benzene rings is 1. The Hall–Kier alpha value is -2.25. The van der Waals surface area contributed by atoms with Crippen LogP contribution in [0.3, 0.4) is 0 Å². The van der Waals surface area contributed by atoms with E-state index in [1.54, 1.807) is 35.3 Å². The molecule has 1 aromatic carbocycles. The molecule has 2 heterocycles. The third-order valence-corrected chi connectivity index (χ3v) is 5.84. The van der Waals surface area contributed by atoms with Gasteiger partial charge in [-0.3, -0.25) is 14.5 Å². The number of rotatable bonds is 5. The number of hydrogen-bond acceptors (Lipinski definition) is 4. The summed E-state index contributed by atoms with van der Waals surface area (Å²) in [6, 6.07) is 8.29. The van der Waals surface area contributed by atoms with Gasteiger partial charge in [0, 0.05) is 36.6 Å². The van der Waals surface area contributed by atoms with E-state index < -0.39 is 0 Å². The van der Waals surface area contributed by atoms with Gasteiger partial charge >= 0.3 is 0 Å². The minimum Gasteiger partial charge on any atom is -0.350 e. The Kier molecular flexibility index (Phi) is 6.23. The summed E-state index contributed by atoms with van der Waals surface area (Å²) >= 11 is 1.62. The van der Waals surface area contributed by atoms with Crippen molar-refractivity contribution < 1.29 is 14.0 Å². The lowest BCUT2D eigenvalue weighted by atomic mass is 10.1. The molecule has 1 N–H and O–H groups in total. The zero-order valence-corrected chi connectivity index (χ0v) is 16.4. The minimum absolute atomic E-state index is 0.0104. The monoisotopic (exact) mass is 389 g/mol. The number of carbonyl (C=O) groups excluding carboxylic acids is 2. The molecule has 144 valence electrons. The topological polar surface area (TPSA) is 52.7 Å². The van der Waals surface area contributed by atoms with Gasteiger partial charge in [0.25, 0.3) is 5.91 Å². The smallest absolute Gasteiger partial charge is 0.254 e. The summed E-state index contributed by atoms with van der Waals surface area (Å²) in [6.07, 6.45) is 0. The summed E-state index contributed by atoms with van der Waals surface area (Å²) in [5.41, 5.74) is 0.895. The van der Waals surface area contributed by atoms with Gasteiger partial charge in [0.15, 0.2) is 0 Å². The molecule has 0 bridgehead atoms. The van der Waals surface area contributed by atoms with E-state index in [0.717, 1.165) is 4.88 Å². The summed E-state index contributed by atoms with van der Waals surface area (Å²) in [5, 5.41) is 4.95. The highest BCUT2D eigenvalue weighted by molar-refractivity contribution is 7.09. The standard InChI is InChI=1S/C20H24FN3O2S/c1-14-5-6-16(12-18(14)21)20(26)24-9-7-23(8-10-24)15(2)19(25)22-13-17-4-3-11-27-17/h3-6,11-12,15H,7-10,13H2,1-2H3,(H,22,25). The molecule has 1 aromatic heterocycles. The number of piperazine rings is 1. The average Bonchev–Trinajstić information content (AvgIpc) is 3.21. The van der Waals surface area contributed by atoms with Crippen LogP contribution >= 0.6 is 11.3 Å². The van der Waals surface area contributed by atoms with Crippen molar-refractivity contribution in [3.05, 3.63) is 57.5 Å². The molecular weight excluding hydrogens is 365 g/mol. The van der Waals surface area contributed by atoms with Crippen molar-refractivity contribution >= 4 is 23.2 Å². The number of hydrogen-bond donors (Lipinski definition) is 1. The molecule has 0 radical (unpaired) electrons. The van der Waals surface area contributed by atoms with Crippen molar-refractivity contribution in [3.8, 4) is 0 Å². The third-order valence-electron chi connectivity index (χ3n) is 4.96. The van der Waals surface area contributed by atoms with Crippen LogP contribution in [-0.2, 0) is 11.3 Å². The van der Waals surface area contributed by atoms with E-state index in [1.165, 1.54) is 6.07 Å². The lowest BCUT2D eigenvalue weighted by Crippen LogP contribution is -2.54. The Morgan fingerprint density at radius 1 is 1.22 bits per heavy atom. The van der Waals surface area contributed by atoms with E-state index in [0.29, 0.717) is 43.9 Å². The number of halogens is 1. The average molecular weight is 389 g/mol. The molecule has 1 unspecified atom stereocenters. The molecule has 0 saturated carbocycles. The predicted octanol–water partition coefficient (Wildman–Crippen LogP) is 2.66. The van der Waals surface area contributed by atoms with Crippen LogP contribution < -0.4 is 5.32 Å². The van der Waals surface area contributed by atoms with E-state index in [1.807, 2.05) is 24.4 Å². The molecule has 27 heavy (non-hydrogen) atoms. The molecule has 0 spiro atoms. The van der Waals surface area contributed by atoms with E-state index >= 15 is 0 Å². The van der Waals surface area contributed by atoms with Gasteiger partial charge in [-0.15, -0.1) is 11.3 Å². The second-order valence-electron chi connectivity index (χ2n) is 6.77. The number of amides is 2. The van der Waals surface area contributed by atoms with Crippen molar-refractivity contribution in [1.29, 1.82) is 0 Å². The molecule has 1 aliphatic rings. The van der Waals surface area contributed by atoms with Gasteiger partial charge in [0.05, 0.1) is 12.6 Å². The Morgan fingerprint density at radius 3 is 2.59 bits per heavy atom. The highest BCUT2D eigenvalue weighted by Crippen LogP contribution is 2.14. The van der Waals surface area contributed by atoms with Crippen molar-refractivity contribution in [2.24, 2.45) is 0 Å². The largest absolute Gasteiger partial charge is 0.350 e. The molecule has 1 atom stereocenters. The summed E-state index contributed by atoms with van der Waals surface area (Å²) in [4.78, 5) is 29.9. The molecule has 3 rings (SSSR count). The molecule has 1 aliphatic heterocycles. The summed E-state index contributed by atoms with van der Waals surface area (Å²) in [5.74, 6) is -0.539. The summed E-state index contributed by atoms with van der Waals surface area (Å²) in [6.45, 7) is 6.39. The molecular formula is C20H24FN3O2S. The number of nitrogens with one attached hydrogen (secondary N) is 1. The maximum atomic E-state index is 13.7. The number of thiophene rings is 1. The first-order chi connectivity index (χ1) is 13.0. The first-order valence-electron chi connectivity index (χ1n) is 9.05. The van der Waals surface area contributed by atoms with E-state index in [-0.39, 0.29) is 23.7 Å². The number of carbonyl (C=O) groups is 2. The van der Waals surface area contributed by atoms with Crippen LogP contribution in [0.15, 0.2) is 35.7 Å². The highest BCUT2D eigenvalue weighted by Gasteiger charge is 2.28. The third kappa shape index (κ3) is 4.73. The number of aryl methyl sites for hydroxylation is 1. The second kappa shape index (κ2) is 8.63. The normalized spacial score (nSPS) is 16.2. The van der Waals surface area contributed by atoms with Crippen LogP contribution in [0.1, 0.15) is 27.7 Å². The Labute approximate surface area is 162 Å². The quantitative estimate of drug-likeness (QED) is 0.855. The first kappa shape index (κ1) is 19.5. The van der Waals surface area contributed by atoms with Crippen molar-refractivity contribution in [2.75, 3.05) is 26.2 Å². The minimum atomic E-state index is -0.365. The van der Waals surface area contributed by atoms with Crippen LogP contribution in [0.5, 0.6) is 0 Å². The number of nitrogens with zero attached hydrogens (tertiary/aromatic N) is 2. The first-order valence-corrected chi connectivity index (χ1v) is 9.93. The van der Waals surface area contributed by atoms with Gasteiger partial charge in [0.2, 0.25) is 5.91 Å². The lowest BCUT2D eigenvalue weighted by molar-refractivity contribution is -0.126. The maximum Gasteiger partial charge on any atom is 0.254 e. The molecule has 2 aromatic rings. The lowest BCUT2D eigenvalue weighted by Gasteiger charge is -2.37. The van der Waals surface area contributed by atoms with Gasteiger partial charge in [-0.1, -0.05) is 12.1 Å². The molecule has 7 heteroatoms. The fourth-order valence-corrected chi connectivity index (χ4v) is 3.77. The van der Waals surface area contributed by atoms with Crippen LogP contribution in [0, 0.1) is 12.7 Å². The SMILES string of the molecule is Cc1ccc(C(=O)N2CCN(C(C)C(=O)NCc3cccs3)CC2)cc1F. The van der Waals surface area contributed by atoms with Crippen molar-refractivity contribution in [3.63, 3.8) is 0 Å². The zero-order valence-electron chi connectivity index (χ0n) is 15.6. The van der Waals surface area contributed by atoms with Crippen molar-refractivity contribution in [1.82, 2.24) is 15.1 Å². The van der Waals surface area contributed by atoms with E-state index in [9.17, 15) is 14.0 Å². The Balaban J connectivity index is 1.50. The fraction of sp³-hybridized carbons (Fsp3) is 0.400. The van der Waals surface area contributed by atoms with Crippen molar-refractivity contribution in [2.45, 2.75) is 26.4 Å². The molecule has 2 amide bonds. The zero-order chi connectivity index (χ0) is 19.4. The van der Waals surface area contributed by atoms with Crippen LogP contribution in [0.25, 0.3) is 0 Å². The second-order valence-corrected chi connectivity index (χ2v) is 7.80. The highest BCUT2D eigenvalue weighted by atomic mass is 32.1. The molecule has 1 saturated heterocycles. The van der Waals surface area contributed by atoms with E-state index in [2.05, 4.69) is 10.2 Å². The van der Waals surface area contributed by atoms with E-state index in [4.69, 9.17) is 0 Å². The van der Waals surface area contributed by atoms with Crippen LogP contribution in [0.2, 0.25) is 0 Å². The maximum absolute atomic E-state index is 13.7. The molecule has 1 fully saturated rings. The predicted molar refractivity (Wildman–Crippen MR) is 104 cm³/mol. The Morgan fingerprint density at radius 2 is 1.96 bits per heavy atom. The van der Waals surface area contributed by atoms with Gasteiger partial charge in [0.1, 0.15) is 5.82 Å². The molecule has 5 nitrogen and oxygen atoms in total. The van der Waals surface area contributed by atoms with Gasteiger partial charge in [-0.25, -0.2) is 4.39 Å². The van der Waals surface area contributed by atoms with Crippen LogP contribution in [0.4, 0.5) is 4.39 Å². The summed E-state index contributed by atoms with van der Waals surface area (Å²) in [7, 11) is 0. The molecule has 0 aliphatic carbocycles. The summed E-state index contributed by atoms with van der Waals surface area (Å²) < 4.78 is 13.7. The van der Waals surface area contributed by atoms with Gasteiger partial charge in [-0.05, 0) is 43.0 Å². The fourth-order valence-electron chi connectivity index (χ4n) is 3.12.